The number of carbonyl (C=O) groups excluding carboxylic acids is 1. The van der Waals surface area contributed by atoms with Crippen molar-refractivity contribution in [3.05, 3.63) is 23.7 Å². The van der Waals surface area contributed by atoms with E-state index in [1.807, 2.05) is 6.20 Å². The lowest BCUT2D eigenvalue weighted by Crippen LogP contribution is -2.42. The topological polar surface area (TPSA) is 74.2 Å². The third kappa shape index (κ3) is 4.72. The van der Waals surface area contributed by atoms with Gasteiger partial charge in [-0.15, -0.1) is 0 Å². The summed E-state index contributed by atoms with van der Waals surface area (Å²) >= 11 is 0. The second kappa shape index (κ2) is 9.69. The second-order valence-corrected chi connectivity index (χ2v) is 8.46. The quantitative estimate of drug-likeness (QED) is 0.756. The van der Waals surface area contributed by atoms with E-state index in [2.05, 4.69) is 40.0 Å². The number of carbonyl (C=O) groups is 1. The molecular formula is C23H34N6O. The molecule has 30 heavy (non-hydrogen) atoms. The summed E-state index contributed by atoms with van der Waals surface area (Å²) in [6, 6.07) is 2.10. The Morgan fingerprint density at radius 2 is 1.77 bits per heavy atom. The predicted molar refractivity (Wildman–Crippen MR) is 120 cm³/mol. The number of hydrogen-bond acceptors (Lipinski definition) is 6. The first kappa shape index (κ1) is 21.0. The van der Waals surface area contributed by atoms with Crippen LogP contribution < -0.4 is 10.2 Å². The maximum Gasteiger partial charge on any atom is 0.223 e. The zero-order chi connectivity index (χ0) is 20.9. The fourth-order valence-electron chi connectivity index (χ4n) is 4.63. The Kier molecular flexibility index (Phi) is 6.77. The van der Waals surface area contributed by atoms with Crippen LogP contribution in [-0.2, 0) is 17.6 Å². The second-order valence-electron chi connectivity index (χ2n) is 8.46. The van der Waals surface area contributed by atoms with Gasteiger partial charge in [-0.1, -0.05) is 13.8 Å². The van der Waals surface area contributed by atoms with E-state index in [0.29, 0.717) is 0 Å². The van der Waals surface area contributed by atoms with Crippen molar-refractivity contribution in [3.63, 3.8) is 0 Å². The number of rotatable bonds is 7. The van der Waals surface area contributed by atoms with Gasteiger partial charge in [0.2, 0.25) is 5.91 Å². The first-order valence-corrected chi connectivity index (χ1v) is 11.6. The summed E-state index contributed by atoms with van der Waals surface area (Å²) in [7, 11) is 0. The van der Waals surface area contributed by atoms with E-state index in [1.54, 1.807) is 0 Å². The van der Waals surface area contributed by atoms with Crippen LogP contribution in [0, 0.1) is 5.92 Å². The summed E-state index contributed by atoms with van der Waals surface area (Å²) in [5.41, 5.74) is 4.77. The van der Waals surface area contributed by atoms with Gasteiger partial charge in [0.1, 0.15) is 5.52 Å². The monoisotopic (exact) mass is 410 g/mol. The van der Waals surface area contributed by atoms with Crippen molar-refractivity contribution in [3.8, 4) is 0 Å². The van der Waals surface area contributed by atoms with Crippen LogP contribution in [0.3, 0.4) is 0 Å². The molecule has 1 amide bonds. The number of fused-ring (bicyclic) bond motifs is 1. The van der Waals surface area contributed by atoms with Crippen molar-refractivity contribution in [2.45, 2.75) is 52.4 Å². The average molecular weight is 411 g/mol. The summed E-state index contributed by atoms with van der Waals surface area (Å²) in [6.45, 7) is 10.1. The van der Waals surface area contributed by atoms with E-state index in [9.17, 15) is 4.79 Å². The van der Waals surface area contributed by atoms with Crippen LogP contribution in [0.5, 0.6) is 0 Å². The van der Waals surface area contributed by atoms with Crippen molar-refractivity contribution in [1.82, 2.24) is 25.2 Å². The molecule has 162 valence electrons. The third-order valence-electron chi connectivity index (χ3n) is 6.49. The predicted octanol–water partition coefficient (Wildman–Crippen LogP) is 2.58. The first-order valence-electron chi connectivity index (χ1n) is 11.6. The molecule has 0 unspecified atom stereocenters. The Morgan fingerprint density at radius 3 is 2.47 bits per heavy atom. The number of anilines is 1. The minimum atomic E-state index is 0.117. The number of nitrogens with zero attached hydrogens (tertiary/aromatic N) is 5. The Balaban J connectivity index is 1.32. The van der Waals surface area contributed by atoms with E-state index >= 15 is 0 Å². The Hall–Kier alpha value is -2.28. The zero-order valence-electron chi connectivity index (χ0n) is 18.4. The van der Waals surface area contributed by atoms with Gasteiger partial charge in [0, 0.05) is 32.1 Å². The molecule has 0 aromatic carbocycles. The van der Waals surface area contributed by atoms with Crippen molar-refractivity contribution >= 4 is 22.8 Å². The molecule has 0 spiro atoms. The van der Waals surface area contributed by atoms with Gasteiger partial charge in [-0.2, -0.15) is 0 Å². The van der Waals surface area contributed by atoms with Gasteiger partial charge in [-0.3, -0.25) is 4.79 Å². The molecule has 7 nitrogen and oxygen atoms in total. The lowest BCUT2D eigenvalue weighted by molar-refractivity contribution is -0.125. The lowest BCUT2D eigenvalue weighted by atomic mass is 9.95. The van der Waals surface area contributed by atoms with Gasteiger partial charge >= 0.3 is 0 Å². The van der Waals surface area contributed by atoms with Crippen LogP contribution in [0.25, 0.3) is 11.2 Å². The molecule has 1 N–H and O–H groups in total. The van der Waals surface area contributed by atoms with Gasteiger partial charge < -0.3 is 15.1 Å². The molecule has 2 aliphatic rings. The van der Waals surface area contributed by atoms with Crippen molar-refractivity contribution in [2.24, 2.45) is 5.92 Å². The molecule has 4 rings (SSSR count). The van der Waals surface area contributed by atoms with Crippen LogP contribution in [0.4, 0.5) is 5.69 Å². The van der Waals surface area contributed by atoms with Gasteiger partial charge in [-0.25, -0.2) is 15.0 Å². The number of amides is 1. The molecule has 7 heteroatoms. The molecule has 0 saturated carbocycles. The Morgan fingerprint density at radius 1 is 1.07 bits per heavy atom. The molecule has 2 fully saturated rings. The smallest absolute Gasteiger partial charge is 0.223 e. The number of piperidine rings is 1. The fraction of sp³-hybridized carbons (Fsp3) is 0.652. The molecule has 0 aliphatic carbocycles. The van der Waals surface area contributed by atoms with Crippen molar-refractivity contribution in [2.75, 3.05) is 44.2 Å². The first-order chi connectivity index (χ1) is 14.7. The van der Waals surface area contributed by atoms with E-state index in [0.717, 1.165) is 80.1 Å². The molecular weight excluding hydrogens is 376 g/mol. The van der Waals surface area contributed by atoms with Crippen LogP contribution in [0.15, 0.2) is 12.3 Å². The zero-order valence-corrected chi connectivity index (χ0v) is 18.4. The lowest BCUT2D eigenvalue weighted by Gasteiger charge is -2.33. The summed E-state index contributed by atoms with van der Waals surface area (Å²) in [5, 5.41) is 3.15. The number of aromatic nitrogens is 3. The largest absolute Gasteiger partial charge is 0.370 e. The Labute approximate surface area is 179 Å². The summed E-state index contributed by atoms with van der Waals surface area (Å²) < 4.78 is 0. The highest BCUT2D eigenvalue weighted by Crippen LogP contribution is 2.25. The average Bonchev–Trinajstić information content (AvgIpc) is 3.31. The van der Waals surface area contributed by atoms with Gasteiger partial charge in [0.15, 0.2) is 5.65 Å². The maximum atomic E-state index is 12.5. The molecule has 4 heterocycles. The summed E-state index contributed by atoms with van der Waals surface area (Å²) in [4.78, 5) is 31.4. The van der Waals surface area contributed by atoms with Gasteiger partial charge in [0.05, 0.1) is 23.3 Å². The number of aryl methyl sites for hydroxylation is 2. The number of nitrogens with one attached hydrogen (secondary N) is 1. The third-order valence-corrected chi connectivity index (χ3v) is 6.49. The molecule has 2 saturated heterocycles. The summed E-state index contributed by atoms with van der Waals surface area (Å²) in [5.74, 6) is 0.336. The van der Waals surface area contributed by atoms with E-state index in [1.165, 1.54) is 25.9 Å². The Bertz CT molecular complexity index is 871. The normalized spacial score (nSPS) is 18.3. The van der Waals surface area contributed by atoms with E-state index < -0.39 is 0 Å². The van der Waals surface area contributed by atoms with Crippen molar-refractivity contribution < 1.29 is 4.79 Å². The minimum absolute atomic E-state index is 0.117. The molecule has 0 atom stereocenters. The standard InChI is InChI=1S/C23H34N6O/c1-3-19-20(4-2)27-22-21(26-19)15-18(16-25-22)29-12-7-17(8-13-29)23(30)24-9-14-28-10-5-6-11-28/h15-17H,3-14H2,1-2H3,(H,24,30). The SMILES string of the molecule is CCc1nc2cc(N3CCC(C(=O)NCCN4CCCC4)CC3)cnc2nc1CC. The van der Waals surface area contributed by atoms with Crippen LogP contribution in [0.2, 0.25) is 0 Å². The molecule has 2 aromatic heterocycles. The van der Waals surface area contributed by atoms with Crippen LogP contribution in [-0.4, -0.2) is 65.0 Å². The highest BCUT2D eigenvalue weighted by Gasteiger charge is 2.25. The molecule has 2 aliphatic heterocycles. The molecule has 2 aromatic rings. The highest BCUT2D eigenvalue weighted by molar-refractivity contribution is 5.79. The summed E-state index contributed by atoms with van der Waals surface area (Å²) in [6.07, 6.45) is 8.01. The van der Waals surface area contributed by atoms with E-state index in [-0.39, 0.29) is 11.8 Å². The van der Waals surface area contributed by atoms with E-state index in [4.69, 9.17) is 9.97 Å². The minimum Gasteiger partial charge on any atom is -0.370 e. The molecule has 0 radical (unpaired) electrons. The highest BCUT2D eigenvalue weighted by atomic mass is 16.1. The molecule has 0 bridgehead atoms. The van der Waals surface area contributed by atoms with Gasteiger partial charge in [0.25, 0.3) is 0 Å². The number of pyridine rings is 1. The van der Waals surface area contributed by atoms with Crippen LogP contribution >= 0.6 is 0 Å². The number of likely N-dealkylation sites (tertiary alicyclic amines) is 1. The maximum absolute atomic E-state index is 12.5. The van der Waals surface area contributed by atoms with Crippen molar-refractivity contribution in [1.29, 1.82) is 0 Å². The van der Waals surface area contributed by atoms with Gasteiger partial charge in [-0.05, 0) is 57.7 Å². The van der Waals surface area contributed by atoms with Crippen LogP contribution in [0.1, 0.15) is 50.9 Å². The number of hydrogen-bond donors (Lipinski definition) is 1. The fourth-order valence-corrected chi connectivity index (χ4v) is 4.63.